The standard InChI is InChI=1S/C12H19N3O2/c1-3-4-8-5-10(8)13-7-11-9(12(16)17)6-14-15(11)2/h6,8,10,13H,3-5,7H2,1-2H3,(H,16,17). The molecule has 17 heavy (non-hydrogen) atoms. The first-order chi connectivity index (χ1) is 8.13. The van der Waals surface area contributed by atoms with Gasteiger partial charge in [0.15, 0.2) is 0 Å². The van der Waals surface area contributed by atoms with Crippen molar-refractivity contribution >= 4 is 5.97 Å². The third-order valence-electron chi connectivity index (χ3n) is 3.41. The zero-order valence-corrected chi connectivity index (χ0v) is 10.3. The van der Waals surface area contributed by atoms with Gasteiger partial charge in [0.2, 0.25) is 0 Å². The van der Waals surface area contributed by atoms with E-state index >= 15 is 0 Å². The Morgan fingerprint density at radius 1 is 1.71 bits per heavy atom. The molecule has 94 valence electrons. The summed E-state index contributed by atoms with van der Waals surface area (Å²) < 4.78 is 1.63. The lowest BCUT2D eigenvalue weighted by Crippen LogP contribution is -2.21. The number of aromatic nitrogens is 2. The van der Waals surface area contributed by atoms with Crippen molar-refractivity contribution in [2.24, 2.45) is 13.0 Å². The van der Waals surface area contributed by atoms with Crippen LogP contribution >= 0.6 is 0 Å². The molecule has 2 rings (SSSR count). The van der Waals surface area contributed by atoms with Gasteiger partial charge in [-0.25, -0.2) is 4.79 Å². The average Bonchev–Trinajstić information content (AvgIpc) is 2.90. The molecule has 0 amide bonds. The molecule has 5 heteroatoms. The minimum absolute atomic E-state index is 0.299. The van der Waals surface area contributed by atoms with Gasteiger partial charge in [0, 0.05) is 19.6 Å². The van der Waals surface area contributed by atoms with Crippen molar-refractivity contribution in [1.82, 2.24) is 15.1 Å². The number of aromatic carboxylic acids is 1. The van der Waals surface area contributed by atoms with Crippen LogP contribution in [0.2, 0.25) is 0 Å². The number of hydrogen-bond donors (Lipinski definition) is 2. The molecule has 1 fully saturated rings. The molecule has 2 atom stereocenters. The van der Waals surface area contributed by atoms with Crippen molar-refractivity contribution in [3.63, 3.8) is 0 Å². The summed E-state index contributed by atoms with van der Waals surface area (Å²) in [7, 11) is 1.78. The lowest BCUT2D eigenvalue weighted by molar-refractivity contribution is 0.0695. The number of nitrogens with zero attached hydrogens (tertiary/aromatic N) is 2. The first-order valence-corrected chi connectivity index (χ1v) is 6.11. The van der Waals surface area contributed by atoms with E-state index in [2.05, 4.69) is 17.3 Å². The molecular weight excluding hydrogens is 218 g/mol. The second kappa shape index (κ2) is 4.87. The van der Waals surface area contributed by atoms with E-state index in [1.165, 1.54) is 25.5 Å². The molecule has 0 spiro atoms. The summed E-state index contributed by atoms with van der Waals surface area (Å²) in [6.07, 6.45) is 5.10. The summed E-state index contributed by atoms with van der Waals surface area (Å²) >= 11 is 0. The van der Waals surface area contributed by atoms with Gasteiger partial charge in [-0.2, -0.15) is 5.10 Å². The third kappa shape index (κ3) is 2.66. The lowest BCUT2D eigenvalue weighted by atomic mass is 10.2. The summed E-state index contributed by atoms with van der Waals surface area (Å²) in [6, 6.07) is 0.562. The summed E-state index contributed by atoms with van der Waals surface area (Å²) in [5, 5.41) is 16.4. The highest BCUT2D eigenvalue weighted by Gasteiger charge is 2.35. The highest BCUT2D eigenvalue weighted by atomic mass is 16.4. The third-order valence-corrected chi connectivity index (χ3v) is 3.41. The predicted molar refractivity (Wildman–Crippen MR) is 63.8 cm³/mol. The van der Waals surface area contributed by atoms with Crippen LogP contribution in [0.5, 0.6) is 0 Å². The van der Waals surface area contributed by atoms with E-state index < -0.39 is 5.97 Å². The van der Waals surface area contributed by atoms with Crippen molar-refractivity contribution in [3.8, 4) is 0 Å². The molecule has 5 nitrogen and oxygen atoms in total. The average molecular weight is 237 g/mol. The van der Waals surface area contributed by atoms with Gasteiger partial charge >= 0.3 is 5.97 Å². The van der Waals surface area contributed by atoms with Crippen LogP contribution in [0.1, 0.15) is 42.2 Å². The number of nitrogens with one attached hydrogen (secondary N) is 1. The first kappa shape index (κ1) is 12.1. The van der Waals surface area contributed by atoms with Gasteiger partial charge in [0.25, 0.3) is 0 Å². The molecule has 2 N–H and O–H groups in total. The number of aryl methyl sites for hydroxylation is 1. The van der Waals surface area contributed by atoms with Gasteiger partial charge in [0.1, 0.15) is 5.56 Å². The Balaban J connectivity index is 1.91. The number of carboxylic acid groups (broad SMARTS) is 1. The highest BCUT2D eigenvalue weighted by molar-refractivity contribution is 5.88. The zero-order chi connectivity index (χ0) is 12.4. The fraction of sp³-hybridized carbons (Fsp3) is 0.667. The van der Waals surface area contributed by atoms with Gasteiger partial charge in [0.05, 0.1) is 11.9 Å². The number of carboxylic acids is 1. The van der Waals surface area contributed by atoms with Gasteiger partial charge in [-0.3, -0.25) is 4.68 Å². The van der Waals surface area contributed by atoms with Crippen molar-refractivity contribution in [1.29, 1.82) is 0 Å². The molecule has 2 unspecified atom stereocenters. The van der Waals surface area contributed by atoms with Crippen LogP contribution in [-0.2, 0) is 13.6 Å². The topological polar surface area (TPSA) is 67.2 Å². The van der Waals surface area contributed by atoms with Gasteiger partial charge in [-0.05, 0) is 18.8 Å². The van der Waals surface area contributed by atoms with Gasteiger partial charge in [-0.15, -0.1) is 0 Å². The Morgan fingerprint density at radius 3 is 3.12 bits per heavy atom. The van der Waals surface area contributed by atoms with E-state index in [1.54, 1.807) is 11.7 Å². The van der Waals surface area contributed by atoms with Crippen LogP contribution in [0.25, 0.3) is 0 Å². The number of rotatable bonds is 6. The molecular formula is C12H19N3O2. The zero-order valence-electron chi connectivity index (χ0n) is 10.3. The largest absolute Gasteiger partial charge is 0.478 e. The highest BCUT2D eigenvalue weighted by Crippen LogP contribution is 2.34. The van der Waals surface area contributed by atoms with Crippen molar-refractivity contribution < 1.29 is 9.90 Å². The van der Waals surface area contributed by atoms with Crippen LogP contribution in [0.4, 0.5) is 0 Å². The van der Waals surface area contributed by atoms with Crippen LogP contribution in [-0.4, -0.2) is 26.9 Å². The maximum absolute atomic E-state index is 11.0. The quantitative estimate of drug-likeness (QED) is 0.784. The van der Waals surface area contributed by atoms with Crippen LogP contribution in [0.3, 0.4) is 0 Å². The van der Waals surface area contributed by atoms with E-state index in [0.717, 1.165) is 11.6 Å². The van der Waals surface area contributed by atoms with Crippen LogP contribution < -0.4 is 5.32 Å². The maximum Gasteiger partial charge on any atom is 0.339 e. The monoisotopic (exact) mass is 237 g/mol. The Bertz CT molecular complexity index is 414. The minimum atomic E-state index is -0.907. The van der Waals surface area contributed by atoms with E-state index in [9.17, 15) is 4.79 Å². The van der Waals surface area contributed by atoms with Crippen molar-refractivity contribution in [2.75, 3.05) is 0 Å². The Hall–Kier alpha value is -1.36. The smallest absolute Gasteiger partial charge is 0.339 e. The fourth-order valence-electron chi connectivity index (χ4n) is 2.27. The Kier molecular flexibility index (Phi) is 3.47. The lowest BCUT2D eigenvalue weighted by Gasteiger charge is -2.06. The van der Waals surface area contributed by atoms with Gasteiger partial charge < -0.3 is 10.4 Å². The molecule has 0 saturated heterocycles. The van der Waals surface area contributed by atoms with Crippen molar-refractivity contribution in [2.45, 2.75) is 38.8 Å². The van der Waals surface area contributed by atoms with Crippen molar-refractivity contribution in [3.05, 3.63) is 17.5 Å². The molecule has 0 bridgehead atoms. The molecule has 1 aliphatic rings. The minimum Gasteiger partial charge on any atom is -0.478 e. The van der Waals surface area contributed by atoms with E-state index in [4.69, 9.17) is 5.11 Å². The molecule has 1 heterocycles. The Morgan fingerprint density at radius 2 is 2.47 bits per heavy atom. The van der Waals surface area contributed by atoms with E-state index in [-0.39, 0.29) is 0 Å². The summed E-state index contributed by atoms with van der Waals surface area (Å²) in [5.74, 6) is -0.127. The predicted octanol–water partition coefficient (Wildman–Crippen LogP) is 1.40. The Labute approximate surface area is 101 Å². The molecule has 0 aliphatic heterocycles. The van der Waals surface area contributed by atoms with Crippen LogP contribution in [0, 0.1) is 5.92 Å². The van der Waals surface area contributed by atoms with Gasteiger partial charge in [-0.1, -0.05) is 13.3 Å². The number of hydrogen-bond acceptors (Lipinski definition) is 3. The second-order valence-electron chi connectivity index (χ2n) is 4.71. The fourth-order valence-corrected chi connectivity index (χ4v) is 2.27. The first-order valence-electron chi connectivity index (χ1n) is 6.11. The molecule has 1 saturated carbocycles. The maximum atomic E-state index is 11.0. The second-order valence-corrected chi connectivity index (χ2v) is 4.71. The van der Waals surface area contributed by atoms with E-state index in [0.29, 0.717) is 18.2 Å². The summed E-state index contributed by atoms with van der Waals surface area (Å²) in [4.78, 5) is 11.0. The molecule has 0 radical (unpaired) electrons. The summed E-state index contributed by atoms with van der Waals surface area (Å²) in [6.45, 7) is 2.78. The van der Waals surface area contributed by atoms with E-state index in [1.807, 2.05) is 0 Å². The molecule has 1 aliphatic carbocycles. The summed E-state index contributed by atoms with van der Waals surface area (Å²) in [5.41, 5.74) is 1.05. The van der Waals surface area contributed by atoms with Crippen LogP contribution in [0.15, 0.2) is 6.20 Å². The normalized spacial score (nSPS) is 22.7. The molecule has 1 aromatic rings. The number of carbonyl (C=O) groups is 1. The SMILES string of the molecule is CCCC1CC1NCc1c(C(=O)O)cnn1C. The molecule has 0 aromatic carbocycles. The molecule has 1 aromatic heterocycles.